The van der Waals surface area contributed by atoms with Gasteiger partial charge < -0.3 is 36.2 Å². The number of carbonyl (C=O) groups is 4. The smallest absolute Gasteiger partial charge is 0.407 e. The number of aliphatic hydroxyl groups is 1. The minimum atomic E-state index is -1.19. The number of ether oxygens (including phenoxy) is 1. The lowest BCUT2D eigenvalue weighted by molar-refractivity contribution is -0.140. The molecule has 0 aromatic heterocycles. The number of aliphatic carboxylic acids is 3. The van der Waals surface area contributed by atoms with E-state index in [9.17, 15) is 14.4 Å². The molecule has 0 aliphatic rings. The summed E-state index contributed by atoms with van der Waals surface area (Å²) in [6, 6.07) is 9.24. The van der Waals surface area contributed by atoms with Crippen LogP contribution in [0.25, 0.3) is 0 Å². The normalized spacial score (nSPS) is 8.81. The predicted molar refractivity (Wildman–Crippen MR) is 92.9 cm³/mol. The van der Waals surface area contributed by atoms with Gasteiger partial charge in [0.2, 0.25) is 0 Å². The Bertz CT molecular complexity index is 564. The maximum absolute atomic E-state index is 11.1. The summed E-state index contributed by atoms with van der Waals surface area (Å²) >= 11 is 0. The van der Waals surface area contributed by atoms with Crippen LogP contribution in [0.15, 0.2) is 30.3 Å². The molecule has 7 N–H and O–H groups in total. The highest BCUT2D eigenvalue weighted by atomic mass is 16.5. The molecule has 0 fully saturated rings. The van der Waals surface area contributed by atoms with E-state index >= 15 is 0 Å². The standard InChI is InChI=1S/C11H13NO4.C3H7NO2.C2H4O3/c13-10(14)6-7-12-11(15)16-8-9-4-2-1-3-5-9;4-2-1-3(5)6;3-1-2(4)5/h1-5H,6-8H2,(H,12,15)(H,13,14);1-2,4H2,(H,5,6);3H,1H2,(H,4,5). The summed E-state index contributed by atoms with van der Waals surface area (Å²) in [5.74, 6) is -2.98. The van der Waals surface area contributed by atoms with Gasteiger partial charge >= 0.3 is 24.0 Å². The number of carbonyl (C=O) groups excluding carboxylic acids is 1. The number of aliphatic hydroxyl groups excluding tert-OH is 1. The first-order valence-corrected chi connectivity index (χ1v) is 7.63. The fourth-order valence-electron chi connectivity index (χ4n) is 1.17. The Balaban J connectivity index is 0. The van der Waals surface area contributed by atoms with Crippen LogP contribution in [0.1, 0.15) is 18.4 Å². The molecule has 0 aliphatic carbocycles. The minimum Gasteiger partial charge on any atom is -0.481 e. The van der Waals surface area contributed by atoms with Crippen LogP contribution in [0.3, 0.4) is 0 Å². The number of carboxylic acids is 3. The Labute approximate surface area is 155 Å². The minimum absolute atomic E-state index is 0.0694. The molecule has 0 unspecified atom stereocenters. The molecule has 1 aromatic carbocycles. The van der Waals surface area contributed by atoms with Crippen molar-refractivity contribution in [1.82, 2.24) is 5.32 Å². The number of nitrogens with one attached hydrogen (secondary N) is 1. The van der Waals surface area contributed by atoms with E-state index in [-0.39, 0.29) is 32.5 Å². The molecular weight excluding hydrogens is 364 g/mol. The Morgan fingerprint density at radius 3 is 1.81 bits per heavy atom. The summed E-state index contributed by atoms with van der Waals surface area (Å²) in [5, 5.41) is 33.5. The van der Waals surface area contributed by atoms with Crippen LogP contribution in [-0.4, -0.2) is 64.1 Å². The Hall–Kier alpha value is -3.18. The van der Waals surface area contributed by atoms with Crippen LogP contribution in [0.5, 0.6) is 0 Å². The van der Waals surface area contributed by atoms with E-state index in [2.05, 4.69) is 5.32 Å². The molecule has 0 saturated heterocycles. The molecule has 0 atom stereocenters. The van der Waals surface area contributed by atoms with E-state index in [1.165, 1.54) is 0 Å². The molecule has 27 heavy (non-hydrogen) atoms. The fraction of sp³-hybridized carbons (Fsp3) is 0.375. The number of benzene rings is 1. The highest BCUT2D eigenvalue weighted by Gasteiger charge is 2.03. The molecule has 0 saturated carbocycles. The van der Waals surface area contributed by atoms with Crippen molar-refractivity contribution in [3.63, 3.8) is 0 Å². The molecule has 1 aromatic rings. The van der Waals surface area contributed by atoms with Gasteiger partial charge in [-0.1, -0.05) is 30.3 Å². The summed E-state index contributed by atoms with van der Waals surface area (Å²) in [6.45, 7) is -0.294. The van der Waals surface area contributed by atoms with Gasteiger partial charge in [0.25, 0.3) is 0 Å². The second kappa shape index (κ2) is 17.6. The molecule has 152 valence electrons. The number of amides is 1. The maximum Gasteiger partial charge on any atom is 0.407 e. The topological polar surface area (TPSA) is 196 Å². The number of nitrogens with two attached hydrogens (primary N) is 1. The van der Waals surface area contributed by atoms with Crippen LogP contribution >= 0.6 is 0 Å². The third-order valence-corrected chi connectivity index (χ3v) is 2.31. The molecule has 1 amide bonds. The van der Waals surface area contributed by atoms with Crippen molar-refractivity contribution in [2.75, 3.05) is 19.7 Å². The van der Waals surface area contributed by atoms with Gasteiger partial charge in [-0.15, -0.1) is 0 Å². The summed E-state index contributed by atoms with van der Waals surface area (Å²) in [5.41, 5.74) is 5.73. The van der Waals surface area contributed by atoms with E-state index in [1.54, 1.807) is 0 Å². The lowest BCUT2D eigenvalue weighted by atomic mass is 10.2. The van der Waals surface area contributed by atoms with Gasteiger partial charge in [0.05, 0.1) is 12.8 Å². The number of alkyl carbamates (subject to hydrolysis) is 1. The number of hydrogen-bond acceptors (Lipinski definition) is 7. The van der Waals surface area contributed by atoms with E-state index in [0.717, 1.165) is 5.56 Å². The zero-order valence-electron chi connectivity index (χ0n) is 14.5. The van der Waals surface area contributed by atoms with Crippen molar-refractivity contribution in [2.24, 2.45) is 5.73 Å². The van der Waals surface area contributed by atoms with Gasteiger partial charge in [-0.25, -0.2) is 9.59 Å². The molecule has 0 bridgehead atoms. The van der Waals surface area contributed by atoms with E-state index in [1.807, 2.05) is 30.3 Å². The van der Waals surface area contributed by atoms with Crippen molar-refractivity contribution < 1.29 is 44.3 Å². The summed E-state index contributed by atoms with van der Waals surface area (Å²) in [7, 11) is 0. The number of carboxylic acid groups (broad SMARTS) is 3. The third-order valence-electron chi connectivity index (χ3n) is 2.31. The van der Waals surface area contributed by atoms with Crippen LogP contribution < -0.4 is 11.1 Å². The van der Waals surface area contributed by atoms with Gasteiger partial charge in [0.1, 0.15) is 13.2 Å². The average molecular weight is 388 g/mol. The average Bonchev–Trinajstić information content (AvgIpc) is 2.61. The van der Waals surface area contributed by atoms with Crippen molar-refractivity contribution in [3.05, 3.63) is 35.9 Å². The van der Waals surface area contributed by atoms with Crippen LogP contribution in [0.2, 0.25) is 0 Å². The molecule has 0 aliphatic heterocycles. The zero-order valence-corrected chi connectivity index (χ0v) is 14.5. The van der Waals surface area contributed by atoms with Crippen molar-refractivity contribution in [2.45, 2.75) is 19.4 Å². The van der Waals surface area contributed by atoms with Crippen LogP contribution in [0, 0.1) is 0 Å². The predicted octanol–water partition coefficient (Wildman–Crippen LogP) is -0.129. The van der Waals surface area contributed by atoms with E-state index in [4.69, 9.17) is 35.7 Å². The van der Waals surface area contributed by atoms with Crippen molar-refractivity contribution in [1.29, 1.82) is 0 Å². The fourth-order valence-corrected chi connectivity index (χ4v) is 1.17. The van der Waals surface area contributed by atoms with Crippen molar-refractivity contribution >= 4 is 24.0 Å². The van der Waals surface area contributed by atoms with E-state index in [0.29, 0.717) is 0 Å². The molecule has 0 radical (unpaired) electrons. The SMILES string of the molecule is NCCC(=O)O.O=C(O)CCNC(=O)OCc1ccccc1.O=C(O)CO. The second-order valence-corrected chi connectivity index (χ2v) is 4.62. The molecule has 0 spiro atoms. The van der Waals surface area contributed by atoms with Gasteiger partial charge in [0.15, 0.2) is 0 Å². The molecule has 0 heterocycles. The molecular formula is C16H24N2O9. The first-order chi connectivity index (χ1) is 12.7. The quantitative estimate of drug-likeness (QED) is 0.349. The highest BCUT2D eigenvalue weighted by molar-refractivity contribution is 5.70. The summed E-state index contributed by atoms with van der Waals surface area (Å²) in [4.78, 5) is 39.9. The van der Waals surface area contributed by atoms with Gasteiger partial charge in [-0.3, -0.25) is 9.59 Å². The lowest BCUT2D eigenvalue weighted by Gasteiger charge is -2.05. The lowest BCUT2D eigenvalue weighted by Crippen LogP contribution is -2.26. The summed E-state index contributed by atoms with van der Waals surface area (Å²) < 4.78 is 4.87. The maximum atomic E-state index is 11.1. The van der Waals surface area contributed by atoms with Crippen LogP contribution in [0.4, 0.5) is 4.79 Å². The first-order valence-electron chi connectivity index (χ1n) is 7.63. The van der Waals surface area contributed by atoms with Gasteiger partial charge in [-0.05, 0) is 5.56 Å². The number of rotatable bonds is 8. The summed E-state index contributed by atoms with van der Waals surface area (Å²) in [6.07, 6.45) is -0.648. The molecule has 11 heteroatoms. The van der Waals surface area contributed by atoms with Gasteiger partial charge in [-0.2, -0.15) is 0 Å². The largest absolute Gasteiger partial charge is 0.481 e. The first kappa shape index (κ1) is 26.1. The Kier molecular flexibility index (Phi) is 17.0. The van der Waals surface area contributed by atoms with Gasteiger partial charge in [0, 0.05) is 13.1 Å². The van der Waals surface area contributed by atoms with Crippen LogP contribution in [-0.2, 0) is 25.7 Å². The third kappa shape index (κ3) is 22.8. The Morgan fingerprint density at radius 2 is 1.44 bits per heavy atom. The molecule has 1 rings (SSSR count). The second-order valence-electron chi connectivity index (χ2n) is 4.62. The number of hydrogen-bond donors (Lipinski definition) is 6. The Morgan fingerprint density at radius 1 is 0.926 bits per heavy atom. The molecule has 11 nitrogen and oxygen atoms in total. The highest BCUT2D eigenvalue weighted by Crippen LogP contribution is 2.00. The van der Waals surface area contributed by atoms with Crippen molar-refractivity contribution in [3.8, 4) is 0 Å². The zero-order chi connectivity index (χ0) is 21.1. The monoisotopic (exact) mass is 388 g/mol. The van der Waals surface area contributed by atoms with E-state index < -0.39 is 30.6 Å².